The molecule has 2 heterocycles. The summed E-state index contributed by atoms with van der Waals surface area (Å²) < 4.78 is 17.4. The molecule has 0 spiro atoms. The molecule has 3 aromatic rings. The Kier molecular flexibility index (Phi) is 5.51. The number of hydrogen-bond donors (Lipinski definition) is 1. The second-order valence-electron chi connectivity index (χ2n) is 7.05. The van der Waals surface area contributed by atoms with Crippen molar-refractivity contribution in [2.24, 2.45) is 0 Å². The fraction of sp³-hybridized carbons (Fsp3) is 0.304. The van der Waals surface area contributed by atoms with E-state index in [2.05, 4.69) is 12.2 Å². The molecular formula is C23H23NO5. The van der Waals surface area contributed by atoms with E-state index < -0.39 is 6.10 Å². The van der Waals surface area contributed by atoms with Gasteiger partial charge in [-0.05, 0) is 36.8 Å². The smallest absolute Gasteiger partial charge is 0.264 e. The van der Waals surface area contributed by atoms with Crippen molar-refractivity contribution >= 4 is 16.9 Å². The summed E-state index contributed by atoms with van der Waals surface area (Å²) in [5, 5.41) is 3.43. The lowest BCUT2D eigenvalue weighted by atomic mass is 10.1. The topological polar surface area (TPSA) is 77.8 Å². The summed E-state index contributed by atoms with van der Waals surface area (Å²) in [6.07, 6.45) is 2.46. The number of para-hydroxylation sites is 1. The van der Waals surface area contributed by atoms with Crippen LogP contribution in [0.15, 0.2) is 57.7 Å². The number of unbranched alkanes of at least 4 members (excludes halogenated alkanes) is 2. The SMILES string of the molecule is CCCCCNC(=O)C1COc2cc(-c3cc(=O)c4ccccc4o3)ccc2O1. The van der Waals surface area contributed by atoms with Crippen LogP contribution in [0.2, 0.25) is 0 Å². The number of carbonyl (C=O) groups is 1. The Balaban J connectivity index is 1.51. The van der Waals surface area contributed by atoms with E-state index in [1.807, 2.05) is 6.07 Å². The maximum absolute atomic E-state index is 12.3. The minimum Gasteiger partial charge on any atom is -0.485 e. The summed E-state index contributed by atoms with van der Waals surface area (Å²) in [6, 6.07) is 13.9. The average Bonchev–Trinajstić information content (AvgIpc) is 2.76. The number of rotatable bonds is 6. The molecule has 1 aromatic heterocycles. The highest BCUT2D eigenvalue weighted by atomic mass is 16.6. The first kappa shape index (κ1) is 19.1. The van der Waals surface area contributed by atoms with Crippen LogP contribution in [-0.2, 0) is 4.79 Å². The first-order valence-corrected chi connectivity index (χ1v) is 9.90. The lowest BCUT2D eigenvalue weighted by molar-refractivity contribution is -0.130. The molecule has 0 bridgehead atoms. The molecular weight excluding hydrogens is 370 g/mol. The van der Waals surface area contributed by atoms with Crippen LogP contribution >= 0.6 is 0 Å². The van der Waals surface area contributed by atoms with Gasteiger partial charge in [0.2, 0.25) is 6.10 Å². The summed E-state index contributed by atoms with van der Waals surface area (Å²) in [5.74, 6) is 1.30. The summed E-state index contributed by atoms with van der Waals surface area (Å²) in [5.41, 5.74) is 1.14. The Morgan fingerprint density at radius 2 is 1.97 bits per heavy atom. The summed E-state index contributed by atoms with van der Waals surface area (Å²) >= 11 is 0. The minimum atomic E-state index is -0.673. The Hall–Kier alpha value is -3.28. The Labute approximate surface area is 168 Å². The van der Waals surface area contributed by atoms with E-state index in [-0.39, 0.29) is 17.9 Å². The molecule has 1 aliphatic heterocycles. The first-order valence-electron chi connectivity index (χ1n) is 9.90. The van der Waals surface area contributed by atoms with E-state index >= 15 is 0 Å². The van der Waals surface area contributed by atoms with Crippen LogP contribution in [0.25, 0.3) is 22.3 Å². The zero-order chi connectivity index (χ0) is 20.2. The fourth-order valence-electron chi connectivity index (χ4n) is 3.30. The van der Waals surface area contributed by atoms with Crippen LogP contribution in [0.5, 0.6) is 11.5 Å². The minimum absolute atomic E-state index is 0.100. The number of benzene rings is 2. The third-order valence-electron chi connectivity index (χ3n) is 4.89. The summed E-state index contributed by atoms with van der Waals surface area (Å²) in [7, 11) is 0. The average molecular weight is 393 g/mol. The van der Waals surface area contributed by atoms with Crippen molar-refractivity contribution in [3.63, 3.8) is 0 Å². The molecule has 1 amide bonds. The molecule has 0 radical (unpaired) electrons. The van der Waals surface area contributed by atoms with Gasteiger partial charge >= 0.3 is 0 Å². The summed E-state index contributed by atoms with van der Waals surface area (Å²) in [4.78, 5) is 24.6. The predicted molar refractivity (Wildman–Crippen MR) is 110 cm³/mol. The van der Waals surface area contributed by atoms with Gasteiger partial charge in [-0.25, -0.2) is 0 Å². The van der Waals surface area contributed by atoms with Gasteiger partial charge in [0.1, 0.15) is 18.0 Å². The van der Waals surface area contributed by atoms with Gasteiger partial charge in [-0.2, -0.15) is 0 Å². The van der Waals surface area contributed by atoms with Crippen molar-refractivity contribution in [3.05, 3.63) is 58.8 Å². The molecule has 1 aliphatic rings. The van der Waals surface area contributed by atoms with Crippen LogP contribution in [0.3, 0.4) is 0 Å². The third-order valence-corrected chi connectivity index (χ3v) is 4.89. The predicted octanol–water partition coefficient (Wildman–Crippen LogP) is 3.91. The van der Waals surface area contributed by atoms with Gasteiger partial charge in [0.05, 0.1) is 5.39 Å². The van der Waals surface area contributed by atoms with Gasteiger partial charge in [0.25, 0.3) is 5.91 Å². The molecule has 29 heavy (non-hydrogen) atoms. The third kappa shape index (κ3) is 4.11. The van der Waals surface area contributed by atoms with Crippen molar-refractivity contribution in [1.82, 2.24) is 5.32 Å². The van der Waals surface area contributed by atoms with Crippen LogP contribution in [0, 0.1) is 0 Å². The highest BCUT2D eigenvalue weighted by molar-refractivity contribution is 5.82. The number of amides is 1. The van der Waals surface area contributed by atoms with Crippen molar-refractivity contribution in [2.45, 2.75) is 32.3 Å². The number of ether oxygens (including phenoxy) is 2. The first-order chi connectivity index (χ1) is 14.2. The second kappa shape index (κ2) is 8.39. The zero-order valence-corrected chi connectivity index (χ0v) is 16.3. The van der Waals surface area contributed by atoms with Gasteiger partial charge in [0, 0.05) is 18.2 Å². The van der Waals surface area contributed by atoms with Gasteiger partial charge < -0.3 is 19.2 Å². The fourth-order valence-corrected chi connectivity index (χ4v) is 3.30. The molecule has 6 heteroatoms. The molecule has 1 atom stereocenters. The molecule has 4 rings (SSSR count). The Morgan fingerprint density at radius 1 is 1.10 bits per heavy atom. The van der Waals surface area contributed by atoms with E-state index in [0.717, 1.165) is 19.3 Å². The molecule has 1 unspecified atom stereocenters. The van der Waals surface area contributed by atoms with Crippen molar-refractivity contribution < 1.29 is 18.7 Å². The van der Waals surface area contributed by atoms with E-state index in [0.29, 0.717) is 40.3 Å². The second-order valence-corrected chi connectivity index (χ2v) is 7.05. The standard InChI is InChI=1S/C23H23NO5/c1-2-3-6-11-24-23(26)22-14-27-21-12-15(9-10-19(21)29-22)20-13-17(25)16-7-4-5-8-18(16)28-20/h4-5,7-10,12-13,22H,2-3,6,11,14H2,1H3,(H,24,26). The number of fused-ring (bicyclic) bond motifs is 2. The zero-order valence-electron chi connectivity index (χ0n) is 16.3. The maximum atomic E-state index is 12.3. The molecule has 0 saturated heterocycles. The van der Waals surface area contributed by atoms with Gasteiger partial charge in [-0.1, -0.05) is 31.9 Å². The van der Waals surface area contributed by atoms with E-state index in [4.69, 9.17) is 13.9 Å². The number of hydrogen-bond acceptors (Lipinski definition) is 5. The molecule has 0 saturated carbocycles. The van der Waals surface area contributed by atoms with E-state index in [1.165, 1.54) is 6.07 Å². The highest BCUT2D eigenvalue weighted by Gasteiger charge is 2.27. The van der Waals surface area contributed by atoms with Crippen LogP contribution in [0.1, 0.15) is 26.2 Å². The van der Waals surface area contributed by atoms with Gasteiger partial charge in [0.15, 0.2) is 16.9 Å². The van der Waals surface area contributed by atoms with Gasteiger partial charge in [-0.3, -0.25) is 9.59 Å². The van der Waals surface area contributed by atoms with Crippen LogP contribution < -0.4 is 20.2 Å². The Bertz CT molecular complexity index is 1090. The summed E-state index contributed by atoms with van der Waals surface area (Å²) in [6.45, 7) is 2.89. The van der Waals surface area contributed by atoms with E-state index in [9.17, 15) is 9.59 Å². The van der Waals surface area contributed by atoms with Crippen LogP contribution in [-0.4, -0.2) is 25.2 Å². The number of nitrogens with one attached hydrogen (secondary N) is 1. The Morgan fingerprint density at radius 3 is 2.83 bits per heavy atom. The number of carbonyl (C=O) groups excluding carboxylic acids is 1. The normalized spacial score (nSPS) is 15.3. The molecule has 6 nitrogen and oxygen atoms in total. The molecule has 0 fully saturated rings. The molecule has 0 aliphatic carbocycles. The lowest BCUT2D eigenvalue weighted by Crippen LogP contribution is -2.44. The largest absolute Gasteiger partial charge is 0.485 e. The monoisotopic (exact) mass is 393 g/mol. The van der Waals surface area contributed by atoms with Crippen molar-refractivity contribution in [3.8, 4) is 22.8 Å². The van der Waals surface area contributed by atoms with Crippen molar-refractivity contribution in [1.29, 1.82) is 0 Å². The lowest BCUT2D eigenvalue weighted by Gasteiger charge is -2.26. The van der Waals surface area contributed by atoms with Crippen molar-refractivity contribution in [2.75, 3.05) is 13.2 Å². The molecule has 2 aromatic carbocycles. The molecule has 150 valence electrons. The quantitative estimate of drug-likeness (QED) is 0.643. The highest BCUT2D eigenvalue weighted by Crippen LogP contribution is 2.36. The molecule has 1 N–H and O–H groups in total. The van der Waals surface area contributed by atoms with Gasteiger partial charge in [-0.15, -0.1) is 0 Å². The van der Waals surface area contributed by atoms with E-state index in [1.54, 1.807) is 36.4 Å². The maximum Gasteiger partial charge on any atom is 0.264 e. The van der Waals surface area contributed by atoms with Crippen LogP contribution in [0.4, 0.5) is 0 Å².